The lowest BCUT2D eigenvalue weighted by Crippen LogP contribution is -2.08. The second-order valence-electron chi connectivity index (χ2n) is 3.88. The number of aromatic carboxylic acids is 1. The summed E-state index contributed by atoms with van der Waals surface area (Å²) in [5.41, 5.74) is -0.134. The number of halogens is 1. The summed E-state index contributed by atoms with van der Waals surface area (Å²) in [6, 6.07) is 5.49. The Bertz CT molecular complexity index is 619. The second-order valence-corrected chi connectivity index (χ2v) is 6.40. The zero-order chi connectivity index (χ0) is 14.5. The lowest BCUT2D eigenvalue weighted by atomic mass is 10.2. The number of unbranched alkanes of at least 4 members (excludes halogenated alkanes) is 2. The summed E-state index contributed by atoms with van der Waals surface area (Å²) < 4.78 is 23.9. The Balaban J connectivity index is 2.88. The lowest BCUT2D eigenvalue weighted by molar-refractivity contribution is 0.0697. The zero-order valence-electron chi connectivity index (χ0n) is 9.97. The molecule has 0 atom stereocenters. The number of carboxylic acids is 1. The smallest absolute Gasteiger partial charge is 0.337 e. The van der Waals surface area contributed by atoms with Crippen LogP contribution in [0.5, 0.6) is 0 Å². The zero-order valence-corrected chi connectivity index (χ0v) is 11.5. The Labute approximate surface area is 116 Å². The van der Waals surface area contributed by atoms with Gasteiger partial charge in [0.25, 0.3) is 0 Å². The number of hydrogen-bond acceptors (Lipinski definition) is 4. The molecule has 0 bridgehead atoms. The standard InChI is InChI=1S/C12H12ClNO4S/c13-11-8-9(4-5-10(11)12(15)16)19(17,18)7-3-1-2-6-14/h4-5,8H,1-3,7H2,(H,15,16). The van der Waals surface area contributed by atoms with E-state index in [-0.39, 0.29) is 21.2 Å². The van der Waals surface area contributed by atoms with E-state index in [4.69, 9.17) is 22.0 Å². The van der Waals surface area contributed by atoms with Gasteiger partial charge in [-0.25, -0.2) is 13.2 Å². The largest absolute Gasteiger partial charge is 0.478 e. The highest BCUT2D eigenvalue weighted by Gasteiger charge is 2.17. The number of rotatable bonds is 6. The Morgan fingerprint density at radius 2 is 2.05 bits per heavy atom. The van der Waals surface area contributed by atoms with Gasteiger partial charge in [0.15, 0.2) is 9.84 Å². The fraction of sp³-hybridized carbons (Fsp3) is 0.333. The molecule has 0 amide bonds. The number of carboxylic acid groups (broad SMARTS) is 1. The van der Waals surface area contributed by atoms with Gasteiger partial charge < -0.3 is 5.11 Å². The molecule has 19 heavy (non-hydrogen) atoms. The molecule has 0 heterocycles. The monoisotopic (exact) mass is 301 g/mol. The van der Waals surface area contributed by atoms with Crippen molar-refractivity contribution in [3.8, 4) is 6.07 Å². The maximum absolute atomic E-state index is 11.9. The van der Waals surface area contributed by atoms with Crippen molar-refractivity contribution in [3.63, 3.8) is 0 Å². The van der Waals surface area contributed by atoms with Gasteiger partial charge in [-0.2, -0.15) is 5.26 Å². The lowest BCUT2D eigenvalue weighted by Gasteiger charge is -2.05. The normalized spacial score (nSPS) is 10.9. The van der Waals surface area contributed by atoms with E-state index in [0.717, 1.165) is 6.07 Å². The van der Waals surface area contributed by atoms with Gasteiger partial charge in [0.1, 0.15) is 0 Å². The van der Waals surface area contributed by atoms with Crippen molar-refractivity contribution >= 4 is 27.4 Å². The molecular formula is C12H12ClNO4S. The van der Waals surface area contributed by atoms with Crippen LogP contribution in [0.3, 0.4) is 0 Å². The van der Waals surface area contributed by atoms with Crippen LogP contribution in [0.15, 0.2) is 23.1 Å². The third-order valence-electron chi connectivity index (χ3n) is 2.48. The Morgan fingerprint density at radius 1 is 1.37 bits per heavy atom. The van der Waals surface area contributed by atoms with Gasteiger partial charge in [0.2, 0.25) is 0 Å². The number of nitriles is 1. The Morgan fingerprint density at radius 3 is 2.58 bits per heavy atom. The fourth-order valence-corrected chi connectivity index (χ4v) is 3.20. The van der Waals surface area contributed by atoms with E-state index in [2.05, 4.69) is 0 Å². The van der Waals surface area contributed by atoms with Crippen LogP contribution in [0.1, 0.15) is 29.6 Å². The number of benzene rings is 1. The van der Waals surface area contributed by atoms with Crippen molar-refractivity contribution in [2.24, 2.45) is 0 Å². The highest BCUT2D eigenvalue weighted by molar-refractivity contribution is 7.91. The third kappa shape index (κ3) is 4.23. The molecule has 0 unspecified atom stereocenters. The van der Waals surface area contributed by atoms with Gasteiger partial charge in [-0.1, -0.05) is 11.6 Å². The van der Waals surface area contributed by atoms with Gasteiger partial charge in [0.05, 0.1) is 27.3 Å². The fourth-order valence-electron chi connectivity index (χ4n) is 1.48. The SMILES string of the molecule is N#CCCCCS(=O)(=O)c1ccc(C(=O)O)c(Cl)c1. The Kier molecular flexibility index (Phi) is 5.33. The molecule has 1 rings (SSSR count). The molecule has 1 aromatic carbocycles. The minimum absolute atomic E-state index is 0.000502. The number of sulfone groups is 1. The average Bonchev–Trinajstić information content (AvgIpc) is 2.34. The highest BCUT2D eigenvalue weighted by atomic mass is 35.5. The highest BCUT2D eigenvalue weighted by Crippen LogP contribution is 2.22. The molecule has 102 valence electrons. The van der Waals surface area contributed by atoms with E-state index in [1.165, 1.54) is 12.1 Å². The topological polar surface area (TPSA) is 95.2 Å². The summed E-state index contributed by atoms with van der Waals surface area (Å²) in [6.45, 7) is 0. The molecule has 0 aliphatic heterocycles. The van der Waals surface area contributed by atoms with Crippen molar-refractivity contribution in [3.05, 3.63) is 28.8 Å². The van der Waals surface area contributed by atoms with E-state index in [9.17, 15) is 13.2 Å². The van der Waals surface area contributed by atoms with Crippen LogP contribution in [0.25, 0.3) is 0 Å². The average molecular weight is 302 g/mol. The summed E-state index contributed by atoms with van der Waals surface area (Å²) in [4.78, 5) is 10.8. The van der Waals surface area contributed by atoms with Gasteiger partial charge >= 0.3 is 5.97 Å². The van der Waals surface area contributed by atoms with E-state index in [1.807, 2.05) is 6.07 Å². The predicted octanol–water partition coefficient (Wildman–Crippen LogP) is 2.51. The van der Waals surface area contributed by atoms with Crippen molar-refractivity contribution in [2.45, 2.75) is 24.2 Å². The first-order valence-corrected chi connectivity index (χ1v) is 7.54. The van der Waals surface area contributed by atoms with Crippen molar-refractivity contribution in [1.82, 2.24) is 0 Å². The molecule has 0 aliphatic carbocycles. The molecule has 0 aliphatic rings. The maximum Gasteiger partial charge on any atom is 0.337 e. The molecule has 5 nitrogen and oxygen atoms in total. The summed E-state index contributed by atoms with van der Waals surface area (Å²) in [7, 11) is -3.49. The molecule has 0 fully saturated rings. The third-order valence-corrected chi connectivity index (χ3v) is 4.59. The first-order chi connectivity index (χ1) is 8.88. The predicted molar refractivity (Wildman–Crippen MR) is 69.9 cm³/mol. The minimum Gasteiger partial charge on any atom is -0.478 e. The van der Waals surface area contributed by atoms with Crippen LogP contribution >= 0.6 is 11.6 Å². The Hall–Kier alpha value is -1.58. The molecule has 0 spiro atoms. The quantitative estimate of drug-likeness (QED) is 0.814. The van der Waals surface area contributed by atoms with Crippen LogP contribution in [-0.2, 0) is 9.84 Å². The second kappa shape index (κ2) is 6.55. The van der Waals surface area contributed by atoms with E-state index in [1.54, 1.807) is 0 Å². The van der Waals surface area contributed by atoms with Crippen molar-refractivity contribution in [1.29, 1.82) is 5.26 Å². The van der Waals surface area contributed by atoms with Gasteiger partial charge in [0, 0.05) is 6.42 Å². The number of nitrogens with zero attached hydrogens (tertiary/aromatic N) is 1. The molecule has 7 heteroatoms. The van der Waals surface area contributed by atoms with Crippen LogP contribution in [0, 0.1) is 11.3 Å². The summed E-state index contributed by atoms with van der Waals surface area (Å²) in [5, 5.41) is 17.0. The summed E-state index contributed by atoms with van der Waals surface area (Å²) >= 11 is 5.73. The molecule has 1 aromatic rings. The van der Waals surface area contributed by atoms with Crippen LogP contribution < -0.4 is 0 Å². The maximum atomic E-state index is 11.9. The molecule has 1 N–H and O–H groups in total. The summed E-state index contributed by atoms with van der Waals surface area (Å²) in [6.07, 6.45) is 1.21. The minimum atomic E-state index is -3.49. The van der Waals surface area contributed by atoms with Crippen LogP contribution in [0.4, 0.5) is 0 Å². The molecule has 0 saturated heterocycles. The van der Waals surface area contributed by atoms with Crippen LogP contribution in [-0.4, -0.2) is 25.2 Å². The first-order valence-electron chi connectivity index (χ1n) is 5.51. The van der Waals surface area contributed by atoms with Crippen LogP contribution in [0.2, 0.25) is 5.02 Å². The molecular weight excluding hydrogens is 290 g/mol. The van der Waals surface area contributed by atoms with E-state index in [0.29, 0.717) is 19.3 Å². The number of hydrogen-bond donors (Lipinski definition) is 1. The van der Waals surface area contributed by atoms with Crippen molar-refractivity contribution in [2.75, 3.05) is 5.75 Å². The van der Waals surface area contributed by atoms with Gasteiger partial charge in [-0.15, -0.1) is 0 Å². The van der Waals surface area contributed by atoms with E-state index >= 15 is 0 Å². The van der Waals surface area contributed by atoms with Gasteiger partial charge in [-0.05, 0) is 31.0 Å². The summed E-state index contributed by atoms with van der Waals surface area (Å²) in [5.74, 6) is -1.29. The van der Waals surface area contributed by atoms with E-state index < -0.39 is 15.8 Å². The van der Waals surface area contributed by atoms with Crippen molar-refractivity contribution < 1.29 is 18.3 Å². The molecule has 0 radical (unpaired) electrons. The van der Waals surface area contributed by atoms with Gasteiger partial charge in [-0.3, -0.25) is 0 Å². The first kappa shape index (κ1) is 15.5. The molecule has 0 saturated carbocycles. The number of carbonyl (C=O) groups is 1. The molecule has 0 aromatic heterocycles.